The van der Waals surface area contributed by atoms with Crippen LogP contribution in [0.5, 0.6) is 0 Å². The molecule has 4 atom stereocenters. The summed E-state index contributed by atoms with van der Waals surface area (Å²) in [6, 6.07) is 23.6. The molecule has 63 heavy (non-hydrogen) atoms. The highest BCUT2D eigenvalue weighted by molar-refractivity contribution is 14.1. The second kappa shape index (κ2) is 26.1. The van der Waals surface area contributed by atoms with E-state index >= 15 is 0 Å². The first kappa shape index (κ1) is 52.5. The van der Waals surface area contributed by atoms with Crippen molar-refractivity contribution in [3.8, 4) is 0 Å². The highest BCUT2D eigenvalue weighted by Gasteiger charge is 2.33. The lowest BCUT2D eigenvalue weighted by Gasteiger charge is -2.39. The fourth-order valence-electron chi connectivity index (χ4n) is 10.4. The number of alkyl halides is 1. The summed E-state index contributed by atoms with van der Waals surface area (Å²) in [4.78, 5) is 33.0. The molecule has 2 aliphatic heterocycles. The second-order valence-corrected chi connectivity index (χ2v) is 20.9. The molecule has 1 N–H and O–H groups in total. The quantitative estimate of drug-likeness (QED) is 0.123. The molecule has 2 aromatic carbocycles. The average Bonchev–Trinajstić information content (AvgIpc) is 3.29. The number of fused-ring (bicyclic) bond motifs is 2. The first-order chi connectivity index (χ1) is 30.1. The average molecular weight is 978 g/mol. The number of esters is 2. The van der Waals surface area contributed by atoms with Crippen LogP contribution in [0.4, 0.5) is 11.4 Å². The maximum atomic E-state index is 12.0. The number of pyridine rings is 1. The molecule has 8 heteroatoms. The van der Waals surface area contributed by atoms with Crippen LogP contribution in [0.15, 0.2) is 66.7 Å². The minimum Gasteiger partial charge on any atom is -0.469 e. The third kappa shape index (κ3) is 17.0. The van der Waals surface area contributed by atoms with Crippen molar-refractivity contribution in [1.29, 1.82) is 0 Å². The molecule has 2 fully saturated rings. The number of halogens is 1. The van der Waals surface area contributed by atoms with E-state index < -0.39 is 0 Å². The van der Waals surface area contributed by atoms with Gasteiger partial charge in [0.25, 0.3) is 0 Å². The minimum absolute atomic E-state index is 0.0441. The summed E-state index contributed by atoms with van der Waals surface area (Å²) in [5.41, 5.74) is 8.05. The smallest absolute Gasteiger partial charge is 0.305 e. The Kier molecular flexibility index (Phi) is 21.8. The predicted octanol–water partition coefficient (Wildman–Crippen LogP) is 13.6. The van der Waals surface area contributed by atoms with Gasteiger partial charge in [-0.3, -0.25) is 14.6 Å². The third-order valence-electron chi connectivity index (χ3n) is 14.1. The van der Waals surface area contributed by atoms with E-state index in [4.69, 9.17) is 14.5 Å². The van der Waals surface area contributed by atoms with Gasteiger partial charge in [0.2, 0.25) is 0 Å². The zero-order chi connectivity index (χ0) is 46.0. The second-order valence-electron chi connectivity index (χ2n) is 20.9. The molecule has 0 amide bonds. The van der Waals surface area contributed by atoms with Gasteiger partial charge in [-0.25, -0.2) is 0 Å². The van der Waals surface area contributed by atoms with Gasteiger partial charge in [0.05, 0.1) is 14.2 Å². The van der Waals surface area contributed by atoms with Gasteiger partial charge in [-0.05, 0) is 102 Å². The van der Waals surface area contributed by atoms with E-state index in [9.17, 15) is 9.59 Å². The summed E-state index contributed by atoms with van der Waals surface area (Å²) in [5.74, 6) is 3.47. The van der Waals surface area contributed by atoms with Crippen molar-refractivity contribution in [3.05, 3.63) is 89.2 Å². The van der Waals surface area contributed by atoms with Crippen LogP contribution in [-0.4, -0.2) is 56.2 Å². The number of nitrogens with zero attached hydrogens (tertiary/aromatic N) is 2. The predicted molar refractivity (Wildman–Crippen MR) is 273 cm³/mol. The monoisotopic (exact) mass is 978 g/mol. The van der Waals surface area contributed by atoms with Crippen molar-refractivity contribution >= 4 is 45.9 Å². The highest BCUT2D eigenvalue weighted by atomic mass is 127. The van der Waals surface area contributed by atoms with Crippen LogP contribution in [0, 0.1) is 35.5 Å². The maximum absolute atomic E-state index is 12.0. The number of anilines is 2. The Morgan fingerprint density at radius 1 is 0.667 bits per heavy atom. The number of rotatable bonds is 10. The minimum atomic E-state index is -0.0512. The van der Waals surface area contributed by atoms with Gasteiger partial charge in [0.15, 0.2) is 0 Å². The molecule has 2 saturated carbocycles. The first-order valence-electron chi connectivity index (χ1n) is 24.2. The van der Waals surface area contributed by atoms with E-state index in [1.54, 1.807) is 0 Å². The van der Waals surface area contributed by atoms with Crippen molar-refractivity contribution in [2.24, 2.45) is 35.5 Å². The summed E-state index contributed by atoms with van der Waals surface area (Å²) in [7, 11) is 5.21. The Bertz CT molecular complexity index is 1780. The molecule has 2 aliphatic carbocycles. The normalized spacial score (nSPS) is 20.0. The highest BCUT2D eigenvalue weighted by Crippen LogP contribution is 2.40. The maximum Gasteiger partial charge on any atom is 0.305 e. The Hall–Kier alpha value is -3.14. The number of ether oxygens (including phenoxy) is 2. The van der Waals surface area contributed by atoms with Crippen molar-refractivity contribution < 1.29 is 19.1 Å². The van der Waals surface area contributed by atoms with Gasteiger partial charge >= 0.3 is 11.9 Å². The van der Waals surface area contributed by atoms with Crippen LogP contribution in [0.1, 0.15) is 154 Å². The fraction of sp³-hybridized carbons (Fsp3) is 0.655. The SMILES string of the molecule is CC(C)(C)c1cccc(C(C)(C)C)n1.CI.COC(=O)CC(CC1CCCCC1)C1CNc2ccccc2C1.COC(=O)CC(CC1CCCCC1)C1Cc2ccccc2N(C)C1. The van der Waals surface area contributed by atoms with Gasteiger partial charge in [0, 0.05) is 66.6 Å². The number of benzene rings is 2. The van der Waals surface area contributed by atoms with Crippen LogP contribution in [0.3, 0.4) is 0 Å². The van der Waals surface area contributed by atoms with Crippen molar-refractivity contribution in [1.82, 2.24) is 4.98 Å². The van der Waals surface area contributed by atoms with Crippen LogP contribution in [0.25, 0.3) is 0 Å². The summed E-state index contributed by atoms with van der Waals surface area (Å²) >= 11 is 2.15. The number of hydrogen-bond acceptors (Lipinski definition) is 7. The molecule has 3 aromatic rings. The standard InChI is InChI=1S/C21H31NO2.C20H29NO2.C13H21N.CH3I/c1-22-15-19(13-17-10-6-7-11-20(17)22)18(14-21(23)24-2)12-16-8-4-3-5-9-16;1-23-20(22)13-17(11-15-7-3-2-4-8-15)18-12-16-9-5-6-10-19(16)21-14-18;1-12(2,3)10-8-7-9-11(14-10)13(4,5)6;1-2/h6-7,10-11,16,18-19H,3-5,8-9,12-15H2,1-2H3;5-6,9-10,15,17-18,21H,2-4,7-8,11-14H2,1H3;7-9H,1-6H3;1H3. The summed E-state index contributed by atoms with van der Waals surface area (Å²) < 4.78 is 9.98. The number of hydrogen-bond donors (Lipinski definition) is 1. The Labute approximate surface area is 397 Å². The van der Waals surface area contributed by atoms with Gasteiger partial charge in [-0.15, -0.1) is 0 Å². The number of methoxy groups -OCH3 is 2. The molecule has 7 rings (SSSR count). The van der Waals surface area contributed by atoms with Gasteiger partial charge < -0.3 is 19.7 Å². The van der Waals surface area contributed by atoms with Crippen LogP contribution >= 0.6 is 22.6 Å². The topological polar surface area (TPSA) is 80.8 Å². The molecule has 4 aliphatic rings. The van der Waals surface area contributed by atoms with Crippen LogP contribution in [0.2, 0.25) is 0 Å². The molecule has 4 unspecified atom stereocenters. The number of aromatic nitrogens is 1. The molecule has 350 valence electrons. The fourth-order valence-corrected chi connectivity index (χ4v) is 10.4. The van der Waals surface area contributed by atoms with E-state index in [1.807, 2.05) is 4.93 Å². The van der Waals surface area contributed by atoms with Crippen molar-refractivity contribution in [3.63, 3.8) is 0 Å². The lowest BCUT2D eigenvalue weighted by molar-refractivity contribution is -0.143. The number of para-hydroxylation sites is 2. The van der Waals surface area contributed by atoms with Crippen molar-refractivity contribution in [2.75, 3.05) is 49.5 Å². The molecule has 0 radical (unpaired) electrons. The molecule has 3 heterocycles. The van der Waals surface area contributed by atoms with Crippen LogP contribution in [-0.2, 0) is 42.7 Å². The molecule has 0 spiro atoms. The Morgan fingerprint density at radius 2 is 1.13 bits per heavy atom. The van der Waals surface area contributed by atoms with Gasteiger partial charge in [-0.2, -0.15) is 0 Å². The lowest BCUT2D eigenvalue weighted by Crippen LogP contribution is -2.37. The molecule has 1 aromatic heterocycles. The van der Waals surface area contributed by atoms with E-state index in [-0.39, 0.29) is 22.8 Å². The Morgan fingerprint density at radius 3 is 1.63 bits per heavy atom. The van der Waals surface area contributed by atoms with E-state index in [0.717, 1.165) is 37.8 Å². The molecule has 0 saturated heterocycles. The summed E-state index contributed by atoms with van der Waals surface area (Å²) in [5, 5.41) is 3.57. The van der Waals surface area contributed by atoms with E-state index in [2.05, 4.69) is 148 Å². The van der Waals surface area contributed by atoms with Crippen molar-refractivity contribution in [2.45, 2.75) is 155 Å². The van der Waals surface area contributed by atoms with Gasteiger partial charge in [0.1, 0.15) is 0 Å². The van der Waals surface area contributed by atoms with E-state index in [1.165, 1.54) is 125 Å². The molecular formula is C55H84IN3O4. The third-order valence-corrected chi connectivity index (χ3v) is 14.1. The summed E-state index contributed by atoms with van der Waals surface area (Å²) in [6.45, 7) is 15.2. The van der Waals surface area contributed by atoms with E-state index in [0.29, 0.717) is 36.5 Å². The summed E-state index contributed by atoms with van der Waals surface area (Å²) in [6.07, 6.45) is 19.3. The lowest BCUT2D eigenvalue weighted by atomic mass is 9.74. The Balaban J connectivity index is 0.000000210. The number of nitrogens with one attached hydrogen (secondary N) is 1. The number of carbonyl (C=O) groups is 2. The molecule has 7 nitrogen and oxygen atoms in total. The molecular weight excluding hydrogens is 894 g/mol. The zero-order valence-corrected chi connectivity index (χ0v) is 43.1. The first-order valence-corrected chi connectivity index (χ1v) is 26.4. The largest absolute Gasteiger partial charge is 0.469 e. The van der Waals surface area contributed by atoms with Crippen LogP contribution < -0.4 is 10.2 Å². The van der Waals surface area contributed by atoms with Gasteiger partial charge in [-0.1, -0.05) is 171 Å². The molecule has 0 bridgehead atoms. The zero-order valence-electron chi connectivity index (χ0n) is 40.9. The number of carbonyl (C=O) groups excluding carboxylic acids is 2.